The number of ether oxygens (including phenoxy) is 1. The molecule has 0 saturated heterocycles. The molecule has 0 bridgehead atoms. The van der Waals surface area contributed by atoms with E-state index in [2.05, 4.69) is 37.9 Å². The maximum absolute atomic E-state index is 13.7. The number of nitrogens with one attached hydrogen (secondary N) is 1. The lowest BCUT2D eigenvalue weighted by molar-refractivity contribution is 0.128. The Labute approximate surface area is 190 Å². The first kappa shape index (κ1) is 23.8. The monoisotopic (exact) mass is 455 g/mol. The predicted octanol–water partition coefficient (Wildman–Crippen LogP) is 3.76. The number of aromatic nitrogens is 5. The van der Waals surface area contributed by atoms with Crippen molar-refractivity contribution in [1.29, 1.82) is 0 Å². The van der Waals surface area contributed by atoms with Gasteiger partial charge < -0.3 is 9.57 Å². The van der Waals surface area contributed by atoms with Gasteiger partial charge in [0.15, 0.2) is 12.3 Å². The lowest BCUT2D eigenvalue weighted by Crippen LogP contribution is -2.15. The number of benzene rings is 1. The average Bonchev–Trinajstić information content (AvgIpc) is 3.22. The molecule has 11 heteroatoms. The van der Waals surface area contributed by atoms with Crippen LogP contribution in [0.25, 0.3) is 0 Å². The van der Waals surface area contributed by atoms with Crippen LogP contribution in [0.15, 0.2) is 41.6 Å². The Bertz CT molecular complexity index is 1120. The minimum absolute atomic E-state index is 0.0238. The summed E-state index contributed by atoms with van der Waals surface area (Å²) in [5.74, 6) is 0.371. The third-order valence-corrected chi connectivity index (χ3v) is 4.65. The Morgan fingerprint density at radius 1 is 1.24 bits per heavy atom. The molecule has 0 atom stereocenters. The van der Waals surface area contributed by atoms with Crippen LogP contribution in [0.4, 0.5) is 15.0 Å². The first-order valence-corrected chi connectivity index (χ1v) is 10.6. The van der Waals surface area contributed by atoms with Gasteiger partial charge in [-0.05, 0) is 59.7 Å². The van der Waals surface area contributed by atoms with Gasteiger partial charge in [-0.1, -0.05) is 31.0 Å². The van der Waals surface area contributed by atoms with E-state index in [0.29, 0.717) is 40.8 Å². The molecule has 33 heavy (non-hydrogen) atoms. The van der Waals surface area contributed by atoms with Crippen molar-refractivity contribution in [2.24, 2.45) is 12.2 Å². The largest absolute Gasteiger partial charge is 0.449 e. The molecule has 1 N–H and O–H groups in total. The highest BCUT2D eigenvalue weighted by atomic mass is 19.1. The van der Waals surface area contributed by atoms with E-state index in [4.69, 9.17) is 9.57 Å². The number of carbonyl (C=O) groups is 1. The van der Waals surface area contributed by atoms with Crippen LogP contribution in [0.5, 0.6) is 0 Å². The van der Waals surface area contributed by atoms with E-state index in [1.807, 2.05) is 0 Å². The number of anilines is 1. The number of amides is 1. The molecule has 3 aromatic rings. The molecular formula is C22H26FN7O3. The predicted molar refractivity (Wildman–Crippen MR) is 119 cm³/mol. The van der Waals surface area contributed by atoms with Gasteiger partial charge in [-0.25, -0.2) is 18.9 Å². The van der Waals surface area contributed by atoms with Crippen molar-refractivity contribution in [3.63, 3.8) is 0 Å². The molecule has 10 nitrogen and oxygen atoms in total. The highest BCUT2D eigenvalue weighted by molar-refractivity contribution is 6.10. The van der Waals surface area contributed by atoms with Gasteiger partial charge >= 0.3 is 6.09 Å². The minimum atomic E-state index is -0.557. The third kappa shape index (κ3) is 6.79. The Balaban J connectivity index is 1.68. The average molecular weight is 455 g/mol. The van der Waals surface area contributed by atoms with Crippen LogP contribution in [0.1, 0.15) is 48.8 Å². The van der Waals surface area contributed by atoms with Crippen LogP contribution in [-0.4, -0.2) is 43.6 Å². The second-order valence-electron chi connectivity index (χ2n) is 7.29. The topological polar surface area (TPSA) is 116 Å². The van der Waals surface area contributed by atoms with Crippen molar-refractivity contribution in [3.05, 3.63) is 64.9 Å². The van der Waals surface area contributed by atoms with Crippen molar-refractivity contribution in [2.75, 3.05) is 11.9 Å². The fourth-order valence-electron chi connectivity index (χ4n) is 2.89. The van der Waals surface area contributed by atoms with Crippen LogP contribution in [0.3, 0.4) is 0 Å². The summed E-state index contributed by atoms with van der Waals surface area (Å²) in [5, 5.41) is 18.2. The maximum Gasteiger partial charge on any atom is 0.412 e. The van der Waals surface area contributed by atoms with Gasteiger partial charge in [-0.3, -0.25) is 5.32 Å². The maximum atomic E-state index is 13.7. The smallest absolute Gasteiger partial charge is 0.412 e. The zero-order valence-corrected chi connectivity index (χ0v) is 18.8. The second-order valence-corrected chi connectivity index (χ2v) is 7.29. The number of oxime groups is 1. The molecule has 0 aliphatic carbocycles. The van der Waals surface area contributed by atoms with Crippen LogP contribution < -0.4 is 5.32 Å². The van der Waals surface area contributed by atoms with Crippen LogP contribution in [0.2, 0.25) is 0 Å². The van der Waals surface area contributed by atoms with E-state index in [0.717, 1.165) is 19.3 Å². The zero-order chi connectivity index (χ0) is 23.6. The van der Waals surface area contributed by atoms with E-state index >= 15 is 0 Å². The van der Waals surface area contributed by atoms with Crippen molar-refractivity contribution >= 4 is 17.6 Å². The number of rotatable bonds is 10. The van der Waals surface area contributed by atoms with Crippen molar-refractivity contribution in [2.45, 2.75) is 39.7 Å². The molecule has 0 radical (unpaired) electrons. The number of tetrazole rings is 1. The standard InChI is InChI=1S/C22H26FN7O3/c1-4-5-6-12-32-22(31)25-19-9-7-8-17(24-19)14-33-27-20(21-26-28-29-30(21)3)16-10-11-18(23)15(2)13-16/h7-11,13H,4-6,12,14H2,1-3H3,(H,24,25,31)/b27-20+. The van der Waals surface area contributed by atoms with E-state index in [1.165, 1.54) is 10.7 Å². The SMILES string of the molecule is CCCCCOC(=O)Nc1cccc(CO/N=C(\c2ccc(F)c(C)c2)c2nnnn2C)n1. The summed E-state index contributed by atoms with van der Waals surface area (Å²) in [6.45, 7) is 4.12. The quantitative estimate of drug-likeness (QED) is 0.281. The van der Waals surface area contributed by atoms with Gasteiger partial charge in [0.2, 0.25) is 5.82 Å². The molecule has 2 aromatic heterocycles. The third-order valence-electron chi connectivity index (χ3n) is 4.65. The number of nitrogens with zero attached hydrogens (tertiary/aromatic N) is 6. The van der Waals surface area contributed by atoms with Gasteiger partial charge in [0, 0.05) is 12.6 Å². The second kappa shape index (κ2) is 11.7. The summed E-state index contributed by atoms with van der Waals surface area (Å²) >= 11 is 0. The fourth-order valence-corrected chi connectivity index (χ4v) is 2.89. The van der Waals surface area contributed by atoms with E-state index in [-0.39, 0.29) is 12.4 Å². The number of unbranched alkanes of at least 4 members (excludes halogenated alkanes) is 2. The van der Waals surface area contributed by atoms with Gasteiger partial charge in [0.1, 0.15) is 11.6 Å². The Morgan fingerprint density at radius 3 is 2.82 bits per heavy atom. The van der Waals surface area contributed by atoms with Gasteiger partial charge in [-0.2, -0.15) is 0 Å². The lowest BCUT2D eigenvalue weighted by Gasteiger charge is -2.09. The van der Waals surface area contributed by atoms with Crippen molar-refractivity contribution < 1.29 is 18.8 Å². The molecule has 0 spiro atoms. The summed E-state index contributed by atoms with van der Waals surface area (Å²) < 4.78 is 20.3. The summed E-state index contributed by atoms with van der Waals surface area (Å²) in [6.07, 6.45) is 2.31. The molecule has 0 fully saturated rings. The lowest BCUT2D eigenvalue weighted by atomic mass is 10.1. The molecule has 0 aliphatic heterocycles. The number of aryl methyl sites for hydroxylation is 2. The van der Waals surface area contributed by atoms with Gasteiger partial charge in [0.05, 0.1) is 12.3 Å². The highest BCUT2D eigenvalue weighted by Crippen LogP contribution is 2.14. The summed E-state index contributed by atoms with van der Waals surface area (Å²) in [7, 11) is 1.67. The first-order valence-electron chi connectivity index (χ1n) is 10.6. The first-order chi connectivity index (χ1) is 16.0. The minimum Gasteiger partial charge on any atom is -0.449 e. The van der Waals surface area contributed by atoms with Crippen molar-refractivity contribution in [3.8, 4) is 0 Å². The Morgan fingerprint density at radius 2 is 2.09 bits per heavy atom. The molecule has 1 amide bonds. The molecule has 0 aliphatic rings. The molecule has 0 unspecified atom stereocenters. The van der Waals surface area contributed by atoms with E-state index < -0.39 is 6.09 Å². The molecular weight excluding hydrogens is 429 g/mol. The number of hydrogen-bond donors (Lipinski definition) is 1. The highest BCUT2D eigenvalue weighted by Gasteiger charge is 2.16. The number of hydrogen-bond acceptors (Lipinski definition) is 8. The molecule has 1 aromatic carbocycles. The Hall–Kier alpha value is -3.89. The van der Waals surface area contributed by atoms with Crippen molar-refractivity contribution in [1.82, 2.24) is 25.2 Å². The molecule has 0 saturated carbocycles. The Kier molecular flexibility index (Phi) is 8.39. The van der Waals surface area contributed by atoms with E-state index in [9.17, 15) is 9.18 Å². The number of halogens is 1. The summed E-state index contributed by atoms with van der Waals surface area (Å²) in [6, 6.07) is 9.69. The molecule has 2 heterocycles. The zero-order valence-electron chi connectivity index (χ0n) is 18.8. The normalized spacial score (nSPS) is 11.3. The molecule has 174 valence electrons. The van der Waals surface area contributed by atoms with Crippen LogP contribution in [-0.2, 0) is 23.2 Å². The number of carbonyl (C=O) groups excluding carboxylic acids is 1. The summed E-state index contributed by atoms with van der Waals surface area (Å²) in [4.78, 5) is 21.7. The van der Waals surface area contributed by atoms with Crippen LogP contribution >= 0.6 is 0 Å². The summed E-state index contributed by atoms with van der Waals surface area (Å²) in [5.41, 5.74) is 1.93. The molecule has 3 rings (SSSR count). The van der Waals surface area contributed by atoms with E-state index in [1.54, 1.807) is 44.3 Å². The van der Waals surface area contributed by atoms with Gasteiger partial charge in [-0.15, -0.1) is 5.10 Å². The number of pyridine rings is 1. The fraction of sp³-hybridized carbons (Fsp3) is 0.364. The van der Waals surface area contributed by atoms with Gasteiger partial charge in [0.25, 0.3) is 0 Å². The van der Waals surface area contributed by atoms with Crippen LogP contribution in [0, 0.1) is 12.7 Å².